The highest BCUT2D eigenvalue weighted by Crippen LogP contribution is 1.94. The van der Waals surface area contributed by atoms with E-state index in [0.717, 1.165) is 19.4 Å². The summed E-state index contributed by atoms with van der Waals surface area (Å²) < 4.78 is 4.42. The van der Waals surface area contributed by atoms with Crippen LogP contribution in [0, 0.1) is 0 Å². The van der Waals surface area contributed by atoms with Crippen molar-refractivity contribution in [3.63, 3.8) is 0 Å². The highest BCUT2D eigenvalue weighted by molar-refractivity contribution is 5.73. The molecular weight excluding hydrogens is 196 g/mol. The fourth-order valence-electron chi connectivity index (χ4n) is 1.14. The molecule has 0 radical (unpaired) electrons. The summed E-state index contributed by atoms with van der Waals surface area (Å²) in [7, 11) is 1.31. The lowest BCUT2D eigenvalue weighted by Crippen LogP contribution is -2.37. The minimum absolute atomic E-state index is 0.0371. The molecule has 1 N–H and O–H groups in total. The van der Waals surface area contributed by atoms with Crippen LogP contribution >= 0.6 is 0 Å². The van der Waals surface area contributed by atoms with Crippen molar-refractivity contribution in [3.8, 4) is 0 Å². The number of unbranched alkanes of at least 4 members (excludes halogenated alkanes) is 1. The first kappa shape index (κ1) is 13.7. The Bertz CT molecular complexity index is 207. The summed E-state index contributed by atoms with van der Waals surface area (Å²) in [4.78, 5) is 23.6. The largest absolute Gasteiger partial charge is 0.453 e. The molecule has 0 aromatic rings. The van der Waals surface area contributed by atoms with Crippen molar-refractivity contribution in [2.45, 2.75) is 26.7 Å². The summed E-state index contributed by atoms with van der Waals surface area (Å²) in [5, 5.41) is 2.54. The minimum Gasteiger partial charge on any atom is -0.453 e. The van der Waals surface area contributed by atoms with Crippen LogP contribution in [0.1, 0.15) is 26.7 Å². The van der Waals surface area contributed by atoms with Gasteiger partial charge in [0.05, 0.1) is 7.11 Å². The second-order valence-electron chi connectivity index (χ2n) is 3.28. The zero-order chi connectivity index (χ0) is 11.7. The number of nitrogens with one attached hydrogen (secondary N) is 1. The third kappa shape index (κ3) is 6.76. The lowest BCUT2D eigenvalue weighted by molar-refractivity contribution is -0.128. The van der Waals surface area contributed by atoms with Crippen molar-refractivity contribution in [2.24, 2.45) is 0 Å². The molecular formula is C10H20N2O3. The summed E-state index contributed by atoms with van der Waals surface area (Å²) in [5.74, 6) is 0.0371. The Hall–Kier alpha value is -1.26. The van der Waals surface area contributed by atoms with E-state index in [1.54, 1.807) is 4.90 Å². The molecule has 0 aliphatic rings. The summed E-state index contributed by atoms with van der Waals surface area (Å²) in [5.41, 5.74) is 0. The molecule has 5 nitrogen and oxygen atoms in total. The first-order valence-electron chi connectivity index (χ1n) is 5.19. The summed E-state index contributed by atoms with van der Waals surface area (Å²) in [6.45, 7) is 5.31. The second-order valence-corrected chi connectivity index (χ2v) is 3.28. The lowest BCUT2D eigenvalue weighted by atomic mass is 10.3. The highest BCUT2D eigenvalue weighted by atomic mass is 16.5. The average molecular weight is 216 g/mol. The van der Waals surface area contributed by atoms with Gasteiger partial charge in [0, 0.05) is 26.6 Å². The van der Waals surface area contributed by atoms with Crippen LogP contribution in [0.4, 0.5) is 4.79 Å². The molecule has 2 amide bonds. The average Bonchev–Trinajstić information content (AvgIpc) is 2.22. The maximum Gasteiger partial charge on any atom is 0.406 e. The molecule has 0 rings (SSSR count). The van der Waals surface area contributed by atoms with E-state index in [1.807, 2.05) is 0 Å². The molecule has 0 heterocycles. The Kier molecular flexibility index (Phi) is 7.40. The van der Waals surface area contributed by atoms with Crippen LogP contribution in [0.5, 0.6) is 0 Å². The molecule has 0 saturated heterocycles. The molecule has 0 saturated carbocycles. The predicted octanol–water partition coefficient (Wildman–Crippen LogP) is 0.991. The van der Waals surface area contributed by atoms with Crippen molar-refractivity contribution in [2.75, 3.05) is 26.7 Å². The van der Waals surface area contributed by atoms with E-state index in [9.17, 15) is 9.59 Å². The van der Waals surface area contributed by atoms with Gasteiger partial charge in [0.25, 0.3) is 0 Å². The number of ether oxygens (including phenoxy) is 1. The van der Waals surface area contributed by atoms with Crippen LogP contribution < -0.4 is 5.32 Å². The van der Waals surface area contributed by atoms with E-state index in [2.05, 4.69) is 17.0 Å². The van der Waals surface area contributed by atoms with Gasteiger partial charge in [-0.05, 0) is 6.42 Å². The van der Waals surface area contributed by atoms with Gasteiger partial charge >= 0.3 is 6.09 Å². The Morgan fingerprint density at radius 1 is 1.33 bits per heavy atom. The maximum atomic E-state index is 11.2. The number of alkyl carbamates (subject to hydrolysis) is 1. The molecule has 15 heavy (non-hydrogen) atoms. The van der Waals surface area contributed by atoms with Gasteiger partial charge in [0.2, 0.25) is 5.91 Å². The first-order chi connectivity index (χ1) is 7.11. The summed E-state index contributed by atoms with van der Waals surface area (Å²) in [6.07, 6.45) is 1.57. The number of hydrogen-bond donors (Lipinski definition) is 1. The molecule has 5 heteroatoms. The standard InChI is InChI=1S/C10H20N2O3/c1-4-5-7-12(9(2)13)8-6-11-10(14)15-3/h4-8H2,1-3H3,(H,11,14). The maximum absolute atomic E-state index is 11.2. The molecule has 0 aliphatic heterocycles. The first-order valence-corrected chi connectivity index (χ1v) is 5.19. The van der Waals surface area contributed by atoms with Gasteiger partial charge in [-0.25, -0.2) is 4.79 Å². The molecule has 0 unspecified atom stereocenters. The van der Waals surface area contributed by atoms with Crippen molar-refractivity contribution >= 4 is 12.0 Å². The quantitative estimate of drug-likeness (QED) is 0.720. The molecule has 0 aromatic carbocycles. The second kappa shape index (κ2) is 8.08. The number of methoxy groups -OCH3 is 1. The van der Waals surface area contributed by atoms with Crippen LogP contribution in [0.2, 0.25) is 0 Å². The van der Waals surface area contributed by atoms with Gasteiger partial charge in [-0.2, -0.15) is 0 Å². The number of rotatable bonds is 6. The van der Waals surface area contributed by atoms with Gasteiger partial charge in [0.1, 0.15) is 0 Å². The van der Waals surface area contributed by atoms with Crippen molar-refractivity contribution in [3.05, 3.63) is 0 Å². The van der Waals surface area contributed by atoms with E-state index in [1.165, 1.54) is 14.0 Å². The van der Waals surface area contributed by atoms with Gasteiger partial charge in [-0.3, -0.25) is 4.79 Å². The SMILES string of the molecule is CCCCN(CCNC(=O)OC)C(C)=O. The normalized spacial score (nSPS) is 9.53. The molecule has 0 fully saturated rings. The van der Waals surface area contributed by atoms with E-state index in [4.69, 9.17) is 0 Å². The molecule has 0 aliphatic carbocycles. The Labute approximate surface area is 90.8 Å². The van der Waals surface area contributed by atoms with Crippen molar-refractivity contribution in [1.29, 1.82) is 0 Å². The van der Waals surface area contributed by atoms with E-state index in [0.29, 0.717) is 13.1 Å². The zero-order valence-corrected chi connectivity index (χ0v) is 9.71. The monoisotopic (exact) mass is 216 g/mol. The van der Waals surface area contributed by atoms with Crippen LogP contribution in [-0.2, 0) is 9.53 Å². The van der Waals surface area contributed by atoms with Crippen molar-refractivity contribution in [1.82, 2.24) is 10.2 Å². The van der Waals surface area contributed by atoms with Crippen LogP contribution in [0.3, 0.4) is 0 Å². The topological polar surface area (TPSA) is 58.6 Å². The van der Waals surface area contributed by atoms with Gasteiger partial charge in [-0.1, -0.05) is 13.3 Å². The third-order valence-electron chi connectivity index (χ3n) is 2.06. The fraction of sp³-hybridized carbons (Fsp3) is 0.800. The minimum atomic E-state index is -0.464. The van der Waals surface area contributed by atoms with E-state index < -0.39 is 6.09 Å². The summed E-state index contributed by atoms with van der Waals surface area (Å²) in [6, 6.07) is 0. The Morgan fingerprint density at radius 2 is 2.00 bits per heavy atom. The van der Waals surface area contributed by atoms with E-state index >= 15 is 0 Å². The molecule has 0 spiro atoms. The number of carbonyl (C=O) groups excluding carboxylic acids is 2. The Balaban J connectivity index is 3.75. The zero-order valence-electron chi connectivity index (χ0n) is 9.71. The van der Waals surface area contributed by atoms with Crippen LogP contribution in [0.25, 0.3) is 0 Å². The number of nitrogens with zero attached hydrogens (tertiary/aromatic N) is 1. The smallest absolute Gasteiger partial charge is 0.406 e. The number of hydrogen-bond acceptors (Lipinski definition) is 3. The molecule has 0 bridgehead atoms. The predicted molar refractivity (Wildman–Crippen MR) is 57.6 cm³/mol. The van der Waals surface area contributed by atoms with Gasteiger partial charge in [-0.15, -0.1) is 0 Å². The van der Waals surface area contributed by atoms with E-state index in [-0.39, 0.29) is 5.91 Å². The molecule has 88 valence electrons. The van der Waals surface area contributed by atoms with Crippen LogP contribution in [0.15, 0.2) is 0 Å². The number of carbonyl (C=O) groups is 2. The number of amides is 2. The van der Waals surface area contributed by atoms with Gasteiger partial charge < -0.3 is 15.0 Å². The summed E-state index contributed by atoms with van der Waals surface area (Å²) >= 11 is 0. The molecule has 0 aromatic heterocycles. The highest BCUT2D eigenvalue weighted by Gasteiger charge is 2.07. The molecule has 0 atom stereocenters. The van der Waals surface area contributed by atoms with Crippen LogP contribution in [-0.4, -0.2) is 43.6 Å². The third-order valence-corrected chi connectivity index (χ3v) is 2.06. The lowest BCUT2D eigenvalue weighted by Gasteiger charge is -2.20. The fourth-order valence-corrected chi connectivity index (χ4v) is 1.14. The Morgan fingerprint density at radius 3 is 2.47 bits per heavy atom. The van der Waals surface area contributed by atoms with Gasteiger partial charge in [0.15, 0.2) is 0 Å². The van der Waals surface area contributed by atoms with Crippen molar-refractivity contribution < 1.29 is 14.3 Å².